The molecule has 0 aromatic heterocycles. The Bertz CT molecular complexity index is 1150. The summed E-state index contributed by atoms with van der Waals surface area (Å²) in [6, 6.07) is 0. The van der Waals surface area contributed by atoms with Gasteiger partial charge in [-0.3, -0.25) is 19.2 Å². The number of esters is 4. The predicted molar refractivity (Wildman–Crippen MR) is 158 cm³/mol. The quantitative estimate of drug-likeness (QED) is 0.165. The molecule has 6 rings (SSSR count). The Balaban J connectivity index is 1.31. The van der Waals surface area contributed by atoms with Crippen LogP contribution in [0.15, 0.2) is 0 Å². The molecular formula is C32H50O7Si2. The van der Waals surface area contributed by atoms with Crippen LogP contribution in [0.1, 0.15) is 79.1 Å². The topological polar surface area (TPSA) is 96.0 Å². The van der Waals surface area contributed by atoms with Crippen LogP contribution in [0.25, 0.3) is 0 Å². The predicted octanol–water partition coefficient (Wildman–Crippen LogP) is 6.27. The van der Waals surface area contributed by atoms with E-state index in [1.54, 1.807) is 0 Å². The van der Waals surface area contributed by atoms with Crippen molar-refractivity contribution in [2.75, 3.05) is 0 Å². The first-order valence-electron chi connectivity index (χ1n) is 16.4. The lowest BCUT2D eigenvalue weighted by Gasteiger charge is -2.59. The molecule has 4 aliphatic carbocycles. The van der Waals surface area contributed by atoms with E-state index in [1.807, 2.05) is 0 Å². The molecule has 0 N–H and O–H groups in total. The molecule has 0 aromatic rings. The highest BCUT2D eigenvalue weighted by Gasteiger charge is 2.71. The highest BCUT2D eigenvalue weighted by molar-refractivity contribution is 6.83. The van der Waals surface area contributed by atoms with Crippen LogP contribution < -0.4 is 0 Å². The molecule has 228 valence electrons. The number of hydrogen-bond donors (Lipinski definition) is 0. The Morgan fingerprint density at radius 1 is 0.659 bits per heavy atom. The number of rotatable bonds is 10. The van der Waals surface area contributed by atoms with Crippen molar-refractivity contribution < 1.29 is 33.1 Å². The van der Waals surface area contributed by atoms with Crippen molar-refractivity contribution in [2.24, 2.45) is 53.3 Å². The molecule has 10 atom stereocenters. The lowest BCUT2D eigenvalue weighted by atomic mass is 9.68. The SMILES string of the molecule is CCC(CC)(C1CC2CC1C1C(=O)OC(=O)C21)[Si](C)(C)OC(CC)(CC)[Si](C)(C)C1CC2CC1C1C(=O)OC(=O)C21. The van der Waals surface area contributed by atoms with Gasteiger partial charge in [0.1, 0.15) is 0 Å². The van der Waals surface area contributed by atoms with E-state index in [9.17, 15) is 19.2 Å². The average molecular weight is 603 g/mol. The Morgan fingerprint density at radius 3 is 1.63 bits per heavy atom. The van der Waals surface area contributed by atoms with Gasteiger partial charge in [-0.2, -0.15) is 0 Å². The normalized spacial score (nSPS) is 39.9. The van der Waals surface area contributed by atoms with E-state index in [1.165, 1.54) is 0 Å². The first kappa shape index (κ1) is 29.7. The number of cyclic esters (lactones) is 4. The van der Waals surface area contributed by atoms with Crippen molar-refractivity contribution in [3.05, 3.63) is 0 Å². The molecule has 0 amide bonds. The molecule has 9 heteroatoms. The third-order valence-electron chi connectivity index (χ3n) is 14.4. The van der Waals surface area contributed by atoms with E-state index in [0.29, 0.717) is 11.5 Å². The van der Waals surface area contributed by atoms with Gasteiger partial charge in [0, 0.05) is 5.22 Å². The van der Waals surface area contributed by atoms with Crippen molar-refractivity contribution in [3.63, 3.8) is 0 Å². The summed E-state index contributed by atoms with van der Waals surface area (Å²) >= 11 is 0. The molecule has 7 nitrogen and oxygen atoms in total. The maximum atomic E-state index is 12.8. The number of carbonyl (C=O) groups excluding carboxylic acids is 4. The lowest BCUT2D eigenvalue weighted by Crippen LogP contribution is -2.66. The largest absolute Gasteiger partial charge is 0.414 e. The van der Waals surface area contributed by atoms with Crippen LogP contribution in [-0.2, 0) is 33.1 Å². The van der Waals surface area contributed by atoms with Gasteiger partial charge in [0.05, 0.1) is 31.7 Å². The highest BCUT2D eigenvalue weighted by atomic mass is 28.4. The van der Waals surface area contributed by atoms with Crippen LogP contribution in [-0.4, -0.2) is 45.5 Å². The summed E-state index contributed by atoms with van der Waals surface area (Å²) in [4.78, 5) is 50.6. The summed E-state index contributed by atoms with van der Waals surface area (Å²) in [5.74, 6) is -0.814. The van der Waals surface area contributed by atoms with Crippen molar-refractivity contribution in [3.8, 4) is 0 Å². The van der Waals surface area contributed by atoms with Gasteiger partial charge < -0.3 is 13.9 Å². The first-order chi connectivity index (χ1) is 19.2. The van der Waals surface area contributed by atoms with Crippen LogP contribution in [0.5, 0.6) is 0 Å². The third kappa shape index (κ3) is 3.69. The van der Waals surface area contributed by atoms with Crippen molar-refractivity contribution >= 4 is 40.3 Å². The minimum Gasteiger partial charge on any atom is -0.414 e. The molecule has 2 saturated heterocycles. The second kappa shape index (κ2) is 9.59. The summed E-state index contributed by atoms with van der Waals surface area (Å²) < 4.78 is 18.1. The third-order valence-corrected chi connectivity index (χ3v) is 24.6. The van der Waals surface area contributed by atoms with Gasteiger partial charge in [0.15, 0.2) is 8.32 Å². The fourth-order valence-electron chi connectivity index (χ4n) is 12.4. The maximum Gasteiger partial charge on any atom is 0.317 e. The van der Waals surface area contributed by atoms with Gasteiger partial charge >= 0.3 is 23.9 Å². The van der Waals surface area contributed by atoms with E-state index >= 15 is 0 Å². The summed E-state index contributed by atoms with van der Waals surface area (Å²) in [5.41, 5.74) is 0.428. The minimum absolute atomic E-state index is 0.00910. The molecule has 2 aliphatic heterocycles. The van der Waals surface area contributed by atoms with Gasteiger partial charge in [0.2, 0.25) is 0 Å². The Hall–Kier alpha value is -1.33. The maximum absolute atomic E-state index is 12.8. The summed E-state index contributed by atoms with van der Waals surface area (Å²) in [6.45, 7) is 19.0. The first-order valence-corrected chi connectivity index (χ1v) is 22.4. The molecule has 2 heterocycles. The van der Waals surface area contributed by atoms with E-state index in [-0.39, 0.29) is 81.5 Å². The molecule has 10 unspecified atom stereocenters. The van der Waals surface area contributed by atoms with Gasteiger partial charge in [-0.15, -0.1) is 0 Å². The average Bonchev–Trinajstić information content (AvgIpc) is 3.75. The van der Waals surface area contributed by atoms with Crippen LogP contribution in [0.2, 0.25) is 36.8 Å². The van der Waals surface area contributed by atoms with E-state index in [0.717, 1.165) is 51.4 Å². The number of carbonyl (C=O) groups is 4. The van der Waals surface area contributed by atoms with Crippen LogP contribution in [0.4, 0.5) is 0 Å². The Labute approximate surface area is 247 Å². The molecule has 6 fully saturated rings. The second-order valence-corrected chi connectivity index (χ2v) is 24.8. The van der Waals surface area contributed by atoms with Crippen molar-refractivity contribution in [1.29, 1.82) is 0 Å². The lowest BCUT2D eigenvalue weighted by molar-refractivity contribution is -0.156. The van der Waals surface area contributed by atoms with E-state index in [2.05, 4.69) is 53.9 Å². The summed E-state index contributed by atoms with van der Waals surface area (Å²) in [6.07, 6.45) is 7.84. The zero-order valence-corrected chi connectivity index (χ0v) is 28.3. The van der Waals surface area contributed by atoms with Crippen molar-refractivity contribution in [1.82, 2.24) is 0 Å². The molecule has 0 radical (unpaired) electrons. The Morgan fingerprint density at radius 2 is 1.12 bits per heavy atom. The summed E-state index contributed by atoms with van der Waals surface area (Å²) in [7, 11) is -4.58. The van der Waals surface area contributed by atoms with Gasteiger partial charge in [-0.25, -0.2) is 0 Å². The smallest absolute Gasteiger partial charge is 0.317 e. The van der Waals surface area contributed by atoms with Gasteiger partial charge in [-0.1, -0.05) is 53.6 Å². The van der Waals surface area contributed by atoms with E-state index in [4.69, 9.17) is 13.9 Å². The van der Waals surface area contributed by atoms with Gasteiger partial charge in [0.25, 0.3) is 0 Å². The number of fused-ring (bicyclic) bond motifs is 10. The molecule has 6 aliphatic rings. The minimum atomic E-state index is -2.43. The van der Waals surface area contributed by atoms with Gasteiger partial charge in [-0.05, 0) is 91.8 Å². The molecule has 4 bridgehead atoms. The number of ether oxygens (including phenoxy) is 2. The molecule has 0 spiro atoms. The Kier molecular flexibility index (Phi) is 6.95. The zero-order chi connectivity index (χ0) is 29.9. The van der Waals surface area contributed by atoms with Crippen molar-refractivity contribution in [2.45, 2.75) is 121 Å². The van der Waals surface area contributed by atoms with Crippen LogP contribution in [0, 0.1) is 53.3 Å². The summed E-state index contributed by atoms with van der Waals surface area (Å²) in [5, 5.41) is -0.247. The fourth-order valence-corrected chi connectivity index (χ4v) is 23.4. The second-order valence-electron chi connectivity index (χ2n) is 15.5. The standard InChI is InChI=1S/C32H50O7Si2/c1-9-31(10-2,21-15-17-13-19(21)25-23(17)27(33)37-29(25)35)41(7,8)39-32(11-3,12-4)40(5,6)22-16-18-14-20(22)26-24(18)28(34)38-30(26)36/h17-26H,9-16H2,1-8H3. The highest BCUT2D eigenvalue weighted by Crippen LogP contribution is 2.69. The molecule has 0 aromatic carbocycles. The zero-order valence-electron chi connectivity index (χ0n) is 26.3. The van der Waals surface area contributed by atoms with E-state index < -0.39 is 16.4 Å². The monoisotopic (exact) mass is 602 g/mol. The van der Waals surface area contributed by atoms with Crippen LogP contribution in [0.3, 0.4) is 0 Å². The number of hydrogen-bond acceptors (Lipinski definition) is 7. The molecular weight excluding hydrogens is 553 g/mol. The molecule has 4 saturated carbocycles. The van der Waals surface area contributed by atoms with Crippen LogP contribution >= 0.6 is 0 Å². The fraction of sp³-hybridized carbons (Fsp3) is 0.875. The molecule has 41 heavy (non-hydrogen) atoms.